The SMILES string of the molecule is CNc1cc(NCC2(C(C)C)CC2)nc(C(F)(F)F)n1. The predicted octanol–water partition coefficient (Wildman–Crippen LogP) is 3.39. The molecule has 0 amide bonds. The number of rotatable bonds is 5. The van der Waals surface area contributed by atoms with Crippen molar-refractivity contribution >= 4 is 11.6 Å². The van der Waals surface area contributed by atoms with Crippen LogP contribution in [0.3, 0.4) is 0 Å². The van der Waals surface area contributed by atoms with Gasteiger partial charge in [-0.3, -0.25) is 0 Å². The summed E-state index contributed by atoms with van der Waals surface area (Å²) in [6, 6.07) is 1.49. The standard InChI is InChI=1S/C13H19F3N4/c1-8(2)12(4-5-12)7-18-10-6-9(17-3)19-11(20-10)13(14,15)16/h6,8H,4-5,7H2,1-3H3,(H2,17,18,19,20). The maximum atomic E-state index is 12.7. The van der Waals surface area contributed by atoms with Gasteiger partial charge in [0.15, 0.2) is 0 Å². The van der Waals surface area contributed by atoms with Crippen LogP contribution in [0.25, 0.3) is 0 Å². The maximum absolute atomic E-state index is 12.7. The molecule has 0 aliphatic heterocycles. The van der Waals surface area contributed by atoms with Gasteiger partial charge in [0.2, 0.25) is 5.82 Å². The van der Waals surface area contributed by atoms with Crippen LogP contribution in [0, 0.1) is 11.3 Å². The Balaban J connectivity index is 2.15. The van der Waals surface area contributed by atoms with Crippen LogP contribution in [-0.4, -0.2) is 23.6 Å². The summed E-state index contributed by atoms with van der Waals surface area (Å²) in [5.41, 5.74) is 0.198. The zero-order valence-electron chi connectivity index (χ0n) is 11.8. The van der Waals surface area contributed by atoms with E-state index < -0.39 is 12.0 Å². The summed E-state index contributed by atoms with van der Waals surface area (Å²) < 4.78 is 38.2. The van der Waals surface area contributed by atoms with Gasteiger partial charge < -0.3 is 10.6 Å². The topological polar surface area (TPSA) is 49.8 Å². The molecule has 0 saturated heterocycles. The Morgan fingerprint density at radius 1 is 1.25 bits per heavy atom. The summed E-state index contributed by atoms with van der Waals surface area (Å²) >= 11 is 0. The molecule has 1 aliphatic rings. The first-order valence-electron chi connectivity index (χ1n) is 6.65. The molecular weight excluding hydrogens is 269 g/mol. The van der Waals surface area contributed by atoms with E-state index in [0.29, 0.717) is 12.5 Å². The third kappa shape index (κ3) is 3.13. The van der Waals surface area contributed by atoms with Crippen molar-refractivity contribution in [1.29, 1.82) is 0 Å². The van der Waals surface area contributed by atoms with Gasteiger partial charge in [0.25, 0.3) is 0 Å². The van der Waals surface area contributed by atoms with Gasteiger partial charge in [-0.15, -0.1) is 0 Å². The zero-order valence-corrected chi connectivity index (χ0v) is 11.8. The molecule has 7 heteroatoms. The predicted molar refractivity (Wildman–Crippen MR) is 71.6 cm³/mol. The molecule has 1 saturated carbocycles. The molecule has 1 heterocycles. The fraction of sp³-hybridized carbons (Fsp3) is 0.692. The average Bonchev–Trinajstić information content (AvgIpc) is 3.16. The molecule has 0 spiro atoms. The van der Waals surface area contributed by atoms with Crippen LogP contribution < -0.4 is 10.6 Å². The van der Waals surface area contributed by atoms with Gasteiger partial charge in [-0.05, 0) is 24.2 Å². The van der Waals surface area contributed by atoms with Crippen LogP contribution in [0.15, 0.2) is 6.07 Å². The van der Waals surface area contributed by atoms with E-state index in [1.54, 1.807) is 0 Å². The lowest BCUT2D eigenvalue weighted by atomic mass is 9.92. The summed E-state index contributed by atoms with van der Waals surface area (Å²) in [5.74, 6) is -0.253. The lowest BCUT2D eigenvalue weighted by molar-refractivity contribution is -0.144. The Morgan fingerprint density at radius 2 is 1.85 bits per heavy atom. The van der Waals surface area contributed by atoms with Crippen molar-refractivity contribution in [2.24, 2.45) is 11.3 Å². The van der Waals surface area contributed by atoms with Crippen LogP contribution in [0.2, 0.25) is 0 Å². The van der Waals surface area contributed by atoms with Crippen molar-refractivity contribution in [3.63, 3.8) is 0 Å². The normalized spacial score (nSPS) is 17.1. The second kappa shape index (κ2) is 5.10. The molecule has 20 heavy (non-hydrogen) atoms. The van der Waals surface area contributed by atoms with Crippen molar-refractivity contribution < 1.29 is 13.2 Å². The summed E-state index contributed by atoms with van der Waals surface area (Å²) in [6.07, 6.45) is -2.33. The molecule has 0 bridgehead atoms. The summed E-state index contributed by atoms with van der Waals surface area (Å²) in [4.78, 5) is 6.99. The lowest BCUT2D eigenvalue weighted by Crippen LogP contribution is -2.22. The fourth-order valence-corrected chi connectivity index (χ4v) is 2.18. The van der Waals surface area contributed by atoms with Crippen molar-refractivity contribution in [3.8, 4) is 0 Å². The van der Waals surface area contributed by atoms with Crippen molar-refractivity contribution in [2.45, 2.75) is 32.9 Å². The van der Waals surface area contributed by atoms with E-state index in [1.165, 1.54) is 13.1 Å². The van der Waals surface area contributed by atoms with Gasteiger partial charge in [0.05, 0.1) is 0 Å². The Bertz CT molecular complexity index is 481. The van der Waals surface area contributed by atoms with Crippen molar-refractivity contribution in [1.82, 2.24) is 9.97 Å². The van der Waals surface area contributed by atoms with Gasteiger partial charge in [-0.25, -0.2) is 9.97 Å². The highest BCUT2D eigenvalue weighted by Gasteiger charge is 2.45. The van der Waals surface area contributed by atoms with E-state index in [0.717, 1.165) is 12.8 Å². The minimum absolute atomic E-state index is 0.157. The van der Waals surface area contributed by atoms with E-state index >= 15 is 0 Å². The molecule has 112 valence electrons. The largest absolute Gasteiger partial charge is 0.451 e. The fourth-order valence-electron chi connectivity index (χ4n) is 2.18. The number of anilines is 2. The Labute approximate surface area is 116 Å². The first-order chi connectivity index (χ1) is 9.27. The molecule has 4 nitrogen and oxygen atoms in total. The number of hydrogen-bond donors (Lipinski definition) is 2. The second-order valence-corrected chi connectivity index (χ2v) is 5.58. The number of halogens is 3. The smallest absolute Gasteiger partial charge is 0.373 e. The minimum Gasteiger partial charge on any atom is -0.373 e. The molecule has 1 aromatic heterocycles. The van der Waals surface area contributed by atoms with Crippen LogP contribution in [0.1, 0.15) is 32.5 Å². The lowest BCUT2D eigenvalue weighted by Gasteiger charge is -2.20. The molecule has 0 atom stereocenters. The first kappa shape index (κ1) is 14.9. The van der Waals surface area contributed by atoms with Crippen LogP contribution >= 0.6 is 0 Å². The van der Waals surface area contributed by atoms with Crippen molar-refractivity contribution in [2.75, 3.05) is 24.2 Å². The summed E-state index contributed by atoms with van der Waals surface area (Å²) in [5, 5.41) is 5.65. The molecule has 2 rings (SSSR count). The highest BCUT2D eigenvalue weighted by molar-refractivity contribution is 5.47. The average molecular weight is 288 g/mol. The van der Waals surface area contributed by atoms with Gasteiger partial charge in [-0.1, -0.05) is 13.8 Å². The number of hydrogen-bond acceptors (Lipinski definition) is 4. The minimum atomic E-state index is -4.54. The Kier molecular flexibility index (Phi) is 3.80. The molecular formula is C13H19F3N4. The summed E-state index contributed by atoms with van der Waals surface area (Å²) in [7, 11) is 1.53. The van der Waals surface area contributed by atoms with Crippen molar-refractivity contribution in [3.05, 3.63) is 11.9 Å². The van der Waals surface area contributed by atoms with Gasteiger partial charge >= 0.3 is 6.18 Å². The number of nitrogens with zero attached hydrogens (tertiary/aromatic N) is 2. The van der Waals surface area contributed by atoms with E-state index in [2.05, 4.69) is 34.4 Å². The van der Waals surface area contributed by atoms with Crippen LogP contribution in [-0.2, 0) is 6.18 Å². The molecule has 1 fully saturated rings. The molecule has 0 unspecified atom stereocenters. The van der Waals surface area contributed by atoms with E-state index in [-0.39, 0.29) is 17.1 Å². The quantitative estimate of drug-likeness (QED) is 0.872. The molecule has 1 aromatic rings. The van der Waals surface area contributed by atoms with Crippen LogP contribution in [0.5, 0.6) is 0 Å². The highest BCUT2D eigenvalue weighted by atomic mass is 19.4. The number of nitrogens with one attached hydrogen (secondary N) is 2. The molecule has 0 aromatic carbocycles. The first-order valence-corrected chi connectivity index (χ1v) is 6.65. The van der Waals surface area contributed by atoms with Crippen LogP contribution in [0.4, 0.5) is 24.8 Å². The van der Waals surface area contributed by atoms with E-state index in [9.17, 15) is 13.2 Å². The molecule has 1 aliphatic carbocycles. The monoisotopic (exact) mass is 288 g/mol. The maximum Gasteiger partial charge on any atom is 0.451 e. The van der Waals surface area contributed by atoms with Gasteiger partial charge in [0, 0.05) is 19.7 Å². The van der Waals surface area contributed by atoms with E-state index in [1.807, 2.05) is 0 Å². The molecule has 0 radical (unpaired) electrons. The number of aromatic nitrogens is 2. The highest BCUT2D eigenvalue weighted by Crippen LogP contribution is 2.51. The second-order valence-electron chi connectivity index (χ2n) is 5.58. The molecule has 2 N–H and O–H groups in total. The van der Waals surface area contributed by atoms with E-state index in [4.69, 9.17) is 0 Å². The Hall–Kier alpha value is -1.53. The number of alkyl halides is 3. The van der Waals surface area contributed by atoms with Gasteiger partial charge in [-0.2, -0.15) is 13.2 Å². The van der Waals surface area contributed by atoms with Gasteiger partial charge in [0.1, 0.15) is 11.6 Å². The third-order valence-electron chi connectivity index (χ3n) is 3.97. The Morgan fingerprint density at radius 3 is 2.30 bits per heavy atom. The zero-order chi connectivity index (χ0) is 15.0. The third-order valence-corrected chi connectivity index (χ3v) is 3.97. The summed E-state index contributed by atoms with van der Waals surface area (Å²) in [6.45, 7) is 4.91.